The molecule has 1 atom stereocenters. The molecule has 8 heteroatoms. The standard InChI is InChI=1S/C30H32F2N2O4/c1-37-30(16-12-25-26(29(30)36)27(33-38-25)23-6-2-3-7-24(23)32)15-4-5-17-34-18-13-21(14-19-34)28(35)20-8-10-22(31)11-9-20/h2-3,6-11,21H,4-5,12-19H2,1H3. The van der Waals surface area contributed by atoms with Gasteiger partial charge in [-0.2, -0.15) is 0 Å². The van der Waals surface area contributed by atoms with E-state index in [1.54, 1.807) is 37.4 Å². The highest BCUT2D eigenvalue weighted by molar-refractivity contribution is 6.08. The minimum atomic E-state index is -0.979. The third-order valence-electron chi connectivity index (χ3n) is 8.07. The molecule has 1 aliphatic carbocycles. The van der Waals surface area contributed by atoms with Gasteiger partial charge in [-0.15, -0.1) is 0 Å². The van der Waals surface area contributed by atoms with Crippen LogP contribution in [-0.2, 0) is 11.2 Å². The van der Waals surface area contributed by atoms with Gasteiger partial charge in [-0.3, -0.25) is 9.59 Å². The molecule has 0 spiro atoms. The number of carbonyl (C=O) groups excluding carboxylic acids is 2. The van der Waals surface area contributed by atoms with Gasteiger partial charge in [0.2, 0.25) is 0 Å². The number of aromatic nitrogens is 1. The predicted octanol–water partition coefficient (Wildman–Crippen LogP) is 5.90. The Morgan fingerprint density at radius 2 is 1.84 bits per heavy atom. The largest absolute Gasteiger partial charge is 0.370 e. The lowest BCUT2D eigenvalue weighted by Crippen LogP contribution is -2.44. The van der Waals surface area contributed by atoms with Gasteiger partial charge in [0.25, 0.3) is 0 Å². The molecule has 1 unspecified atom stereocenters. The SMILES string of the molecule is COC1(CCCCN2CCC(C(=O)c3ccc(F)cc3)CC2)CCc2onc(-c3ccccc3F)c2C1=O. The Bertz CT molecular complexity index is 1300. The van der Waals surface area contributed by atoms with Crippen molar-refractivity contribution >= 4 is 11.6 Å². The molecular formula is C30H32F2N2O4. The maximum Gasteiger partial charge on any atom is 0.200 e. The number of carbonyl (C=O) groups is 2. The molecule has 1 fully saturated rings. The number of likely N-dealkylation sites (tertiary alicyclic amines) is 1. The molecule has 0 radical (unpaired) electrons. The second kappa shape index (κ2) is 11.3. The summed E-state index contributed by atoms with van der Waals surface area (Å²) < 4.78 is 38.9. The third-order valence-corrected chi connectivity index (χ3v) is 8.07. The molecule has 0 amide bonds. The number of nitrogens with zero attached hydrogens (tertiary/aromatic N) is 2. The van der Waals surface area contributed by atoms with E-state index in [2.05, 4.69) is 10.1 Å². The van der Waals surface area contributed by atoms with Gasteiger partial charge in [-0.25, -0.2) is 8.78 Å². The Hall–Kier alpha value is -3.23. The van der Waals surface area contributed by atoms with Crippen LogP contribution in [0.4, 0.5) is 8.78 Å². The zero-order valence-electron chi connectivity index (χ0n) is 21.6. The number of hydrogen-bond acceptors (Lipinski definition) is 6. The first kappa shape index (κ1) is 26.4. The highest BCUT2D eigenvalue weighted by atomic mass is 19.1. The van der Waals surface area contributed by atoms with Gasteiger partial charge in [-0.1, -0.05) is 17.3 Å². The minimum Gasteiger partial charge on any atom is -0.370 e. The van der Waals surface area contributed by atoms with Crippen molar-refractivity contribution in [2.45, 2.75) is 50.5 Å². The number of halogens is 2. The molecule has 6 nitrogen and oxygen atoms in total. The van der Waals surface area contributed by atoms with Gasteiger partial charge >= 0.3 is 0 Å². The number of rotatable bonds is 9. The average Bonchev–Trinajstić information content (AvgIpc) is 3.37. The van der Waals surface area contributed by atoms with Crippen LogP contribution in [0.25, 0.3) is 11.3 Å². The Morgan fingerprint density at radius 1 is 1.11 bits per heavy atom. The van der Waals surface area contributed by atoms with E-state index in [1.165, 1.54) is 18.2 Å². The van der Waals surface area contributed by atoms with Crippen molar-refractivity contribution in [1.82, 2.24) is 10.1 Å². The molecule has 0 bridgehead atoms. The molecule has 1 aliphatic heterocycles. The quantitative estimate of drug-likeness (QED) is 0.257. The molecule has 3 aromatic rings. The monoisotopic (exact) mass is 522 g/mol. The van der Waals surface area contributed by atoms with E-state index in [1.807, 2.05) is 0 Å². The maximum absolute atomic E-state index is 14.5. The highest BCUT2D eigenvalue weighted by Crippen LogP contribution is 2.40. The van der Waals surface area contributed by atoms with E-state index in [4.69, 9.17) is 9.26 Å². The molecular weight excluding hydrogens is 490 g/mol. The number of ketones is 2. The van der Waals surface area contributed by atoms with Gasteiger partial charge < -0.3 is 14.2 Å². The number of hydrogen-bond donors (Lipinski definition) is 0. The zero-order valence-corrected chi connectivity index (χ0v) is 21.6. The summed E-state index contributed by atoms with van der Waals surface area (Å²) in [5.74, 6) is -0.443. The Balaban J connectivity index is 1.15. The van der Waals surface area contributed by atoms with Crippen LogP contribution in [0.3, 0.4) is 0 Å². The second-order valence-electron chi connectivity index (χ2n) is 10.3. The number of Topliss-reactive ketones (excluding diaryl/α,β-unsaturated/α-hetero) is 2. The number of methoxy groups -OCH3 is 1. The summed E-state index contributed by atoms with van der Waals surface area (Å²) in [5.41, 5.74) is 0.408. The molecule has 0 N–H and O–H groups in total. The summed E-state index contributed by atoms with van der Waals surface area (Å²) in [4.78, 5) is 28.7. The number of aryl methyl sites for hydroxylation is 1. The summed E-state index contributed by atoms with van der Waals surface area (Å²) >= 11 is 0. The van der Waals surface area contributed by atoms with Crippen molar-refractivity contribution in [3.63, 3.8) is 0 Å². The summed E-state index contributed by atoms with van der Waals surface area (Å²) in [7, 11) is 1.56. The molecule has 0 saturated carbocycles. The van der Waals surface area contributed by atoms with Gasteiger partial charge in [0.15, 0.2) is 11.6 Å². The molecule has 1 saturated heterocycles. The van der Waals surface area contributed by atoms with Crippen molar-refractivity contribution in [2.24, 2.45) is 5.92 Å². The van der Waals surface area contributed by atoms with Crippen molar-refractivity contribution in [3.05, 3.63) is 77.1 Å². The molecule has 2 aromatic carbocycles. The molecule has 200 valence electrons. The molecule has 2 heterocycles. The smallest absolute Gasteiger partial charge is 0.200 e. The fraction of sp³-hybridized carbons (Fsp3) is 0.433. The lowest BCUT2D eigenvalue weighted by molar-refractivity contribution is -0.0137. The zero-order chi connectivity index (χ0) is 26.7. The van der Waals surface area contributed by atoms with Crippen LogP contribution in [-0.4, -0.2) is 54.0 Å². The fourth-order valence-corrected chi connectivity index (χ4v) is 5.77. The molecule has 38 heavy (non-hydrogen) atoms. The Morgan fingerprint density at radius 3 is 2.55 bits per heavy atom. The number of unbranched alkanes of at least 4 members (excludes halogenated alkanes) is 1. The molecule has 1 aromatic heterocycles. The Labute approximate surface area is 221 Å². The van der Waals surface area contributed by atoms with Gasteiger partial charge in [0.05, 0.1) is 5.56 Å². The summed E-state index contributed by atoms with van der Waals surface area (Å²) in [6.07, 6.45) is 4.82. The molecule has 5 rings (SSSR count). The van der Waals surface area contributed by atoms with E-state index < -0.39 is 11.4 Å². The average molecular weight is 523 g/mol. The molecule has 2 aliphatic rings. The third kappa shape index (κ3) is 5.20. The Kier molecular flexibility index (Phi) is 7.81. The first-order chi connectivity index (χ1) is 18.4. The van der Waals surface area contributed by atoms with Crippen molar-refractivity contribution in [1.29, 1.82) is 0 Å². The highest BCUT2D eigenvalue weighted by Gasteiger charge is 2.46. The normalized spacial score (nSPS) is 20.4. The predicted molar refractivity (Wildman–Crippen MR) is 138 cm³/mol. The van der Waals surface area contributed by atoms with E-state index in [0.717, 1.165) is 45.3 Å². The number of piperidine rings is 1. The number of fused-ring (bicyclic) bond motifs is 1. The summed E-state index contributed by atoms with van der Waals surface area (Å²) in [5, 5.41) is 4.04. The van der Waals surface area contributed by atoms with Gasteiger partial charge in [0, 0.05) is 30.6 Å². The van der Waals surface area contributed by atoms with E-state index >= 15 is 0 Å². The number of benzene rings is 2. The van der Waals surface area contributed by atoms with E-state index in [0.29, 0.717) is 36.1 Å². The van der Waals surface area contributed by atoms with Crippen molar-refractivity contribution in [2.75, 3.05) is 26.7 Å². The van der Waals surface area contributed by atoms with Gasteiger partial charge in [-0.05, 0) is 94.6 Å². The van der Waals surface area contributed by atoms with Crippen LogP contribution < -0.4 is 0 Å². The lowest BCUT2D eigenvalue weighted by atomic mass is 9.77. The topological polar surface area (TPSA) is 72.6 Å². The van der Waals surface area contributed by atoms with Crippen molar-refractivity contribution < 1.29 is 27.6 Å². The fourth-order valence-electron chi connectivity index (χ4n) is 5.77. The van der Waals surface area contributed by atoms with Crippen LogP contribution >= 0.6 is 0 Å². The maximum atomic E-state index is 14.5. The van der Waals surface area contributed by atoms with Crippen LogP contribution in [0, 0.1) is 17.6 Å². The first-order valence-electron chi connectivity index (χ1n) is 13.3. The van der Waals surface area contributed by atoms with Gasteiger partial charge in [0.1, 0.15) is 28.7 Å². The van der Waals surface area contributed by atoms with Crippen LogP contribution in [0.1, 0.15) is 65.0 Å². The van der Waals surface area contributed by atoms with Crippen LogP contribution in [0.5, 0.6) is 0 Å². The van der Waals surface area contributed by atoms with Crippen LogP contribution in [0.15, 0.2) is 53.1 Å². The summed E-state index contributed by atoms with van der Waals surface area (Å²) in [6, 6.07) is 12.0. The lowest BCUT2D eigenvalue weighted by Gasteiger charge is -2.34. The van der Waals surface area contributed by atoms with Crippen molar-refractivity contribution in [3.8, 4) is 11.3 Å². The van der Waals surface area contributed by atoms with E-state index in [-0.39, 0.29) is 34.6 Å². The van der Waals surface area contributed by atoms with Crippen LogP contribution in [0.2, 0.25) is 0 Å². The number of ether oxygens (including phenoxy) is 1. The second-order valence-corrected chi connectivity index (χ2v) is 10.3. The van der Waals surface area contributed by atoms with E-state index in [9.17, 15) is 18.4 Å². The minimum absolute atomic E-state index is 0.0326. The first-order valence-corrected chi connectivity index (χ1v) is 13.3. The summed E-state index contributed by atoms with van der Waals surface area (Å²) in [6.45, 7) is 2.55.